The van der Waals surface area contributed by atoms with Gasteiger partial charge in [-0.2, -0.15) is 0 Å². The van der Waals surface area contributed by atoms with Crippen LogP contribution >= 0.6 is 0 Å². The Balaban J connectivity index is 1.38. The van der Waals surface area contributed by atoms with Crippen molar-refractivity contribution in [2.45, 2.75) is 45.7 Å². The molecule has 0 aliphatic carbocycles. The van der Waals surface area contributed by atoms with Crippen LogP contribution in [0.15, 0.2) is 47.3 Å². The largest absolute Gasteiger partial charge is 0.365 e. The maximum absolute atomic E-state index is 13.3. The number of aryl methyl sites for hydroxylation is 2. The van der Waals surface area contributed by atoms with E-state index < -0.39 is 0 Å². The quantitative estimate of drug-likeness (QED) is 0.643. The van der Waals surface area contributed by atoms with Crippen LogP contribution in [-0.4, -0.2) is 46.0 Å². The Hall–Kier alpha value is -3.15. The summed E-state index contributed by atoms with van der Waals surface area (Å²) in [7, 11) is 0. The van der Waals surface area contributed by atoms with Crippen LogP contribution in [0.25, 0.3) is 10.9 Å². The molecule has 1 fully saturated rings. The van der Waals surface area contributed by atoms with E-state index in [4.69, 9.17) is 4.98 Å². The Kier molecular flexibility index (Phi) is 5.00. The van der Waals surface area contributed by atoms with Crippen LogP contribution in [-0.2, 0) is 13.0 Å². The number of nitrogens with zero attached hydrogens (tertiary/aromatic N) is 4. The minimum atomic E-state index is 0.0114. The van der Waals surface area contributed by atoms with E-state index in [1.54, 1.807) is 22.8 Å². The molecular weight excluding hydrogens is 388 g/mol. The van der Waals surface area contributed by atoms with E-state index in [9.17, 15) is 9.59 Å². The summed E-state index contributed by atoms with van der Waals surface area (Å²) >= 11 is 0. The van der Waals surface area contributed by atoms with Crippen LogP contribution in [0.3, 0.4) is 0 Å². The van der Waals surface area contributed by atoms with Crippen LogP contribution in [0.1, 0.15) is 41.5 Å². The molecule has 2 aliphatic heterocycles. The molecule has 1 aromatic heterocycles. The van der Waals surface area contributed by atoms with Gasteiger partial charge in [0.05, 0.1) is 10.9 Å². The minimum Gasteiger partial charge on any atom is -0.365 e. The van der Waals surface area contributed by atoms with Gasteiger partial charge in [-0.15, -0.1) is 0 Å². The highest BCUT2D eigenvalue weighted by Crippen LogP contribution is 2.23. The van der Waals surface area contributed by atoms with E-state index >= 15 is 0 Å². The Morgan fingerprint density at radius 3 is 2.74 bits per heavy atom. The van der Waals surface area contributed by atoms with Gasteiger partial charge in [0.15, 0.2) is 0 Å². The lowest BCUT2D eigenvalue weighted by molar-refractivity contribution is 0.0726. The summed E-state index contributed by atoms with van der Waals surface area (Å²) < 4.78 is 1.79. The van der Waals surface area contributed by atoms with E-state index in [0.29, 0.717) is 29.6 Å². The number of carbonyl (C=O) groups excluding carboxylic acids is 1. The minimum absolute atomic E-state index is 0.0114. The molecule has 2 aromatic carbocycles. The highest BCUT2D eigenvalue weighted by atomic mass is 16.2. The average molecular weight is 417 g/mol. The molecule has 1 atom stereocenters. The molecule has 0 radical (unpaired) electrons. The molecule has 3 aromatic rings. The topological polar surface area (TPSA) is 58.4 Å². The third-order valence-corrected chi connectivity index (χ3v) is 6.56. The molecule has 0 N–H and O–H groups in total. The lowest BCUT2D eigenvalue weighted by Gasteiger charge is -2.41. The standard InChI is InChI=1S/C25H28N4O2/c1-17-6-5-7-20(14-17)28-13-12-27(16-18(28)2)24(30)19-9-10-21-22(15-19)26-23-8-3-4-11-29(23)25(21)31/h5-7,9-10,14-15,18H,3-4,8,11-13,16H2,1-2H3/t18-/m0/s1. The molecule has 1 amide bonds. The van der Waals surface area contributed by atoms with Crippen LogP contribution < -0.4 is 10.5 Å². The first-order valence-corrected chi connectivity index (χ1v) is 11.2. The second kappa shape index (κ2) is 7.84. The second-order valence-corrected chi connectivity index (χ2v) is 8.81. The van der Waals surface area contributed by atoms with Crippen molar-refractivity contribution in [3.63, 3.8) is 0 Å². The molecular formula is C25H28N4O2. The Labute approximate surface area is 182 Å². The molecule has 1 saturated heterocycles. The third kappa shape index (κ3) is 3.60. The summed E-state index contributed by atoms with van der Waals surface area (Å²) in [6.45, 7) is 7.15. The maximum atomic E-state index is 13.3. The molecule has 0 saturated carbocycles. The van der Waals surface area contributed by atoms with Crippen molar-refractivity contribution >= 4 is 22.5 Å². The number of hydrogen-bond acceptors (Lipinski definition) is 4. The molecule has 5 rings (SSSR count). The summed E-state index contributed by atoms with van der Waals surface area (Å²) in [5, 5.41) is 0.597. The number of anilines is 1. The number of aromatic nitrogens is 2. The summed E-state index contributed by atoms with van der Waals surface area (Å²) in [5.74, 6) is 0.853. The van der Waals surface area contributed by atoms with Crippen LogP contribution in [0.5, 0.6) is 0 Å². The number of fused-ring (bicyclic) bond motifs is 2. The molecule has 2 aliphatic rings. The predicted octanol–water partition coefficient (Wildman–Crippen LogP) is 3.39. The van der Waals surface area contributed by atoms with Crippen molar-refractivity contribution in [2.75, 3.05) is 24.5 Å². The van der Waals surface area contributed by atoms with E-state index in [1.165, 1.54) is 11.3 Å². The zero-order valence-corrected chi connectivity index (χ0v) is 18.2. The number of benzene rings is 2. The molecule has 31 heavy (non-hydrogen) atoms. The number of hydrogen-bond donors (Lipinski definition) is 0. The molecule has 0 unspecified atom stereocenters. The Morgan fingerprint density at radius 2 is 1.94 bits per heavy atom. The average Bonchev–Trinajstić information content (AvgIpc) is 2.78. The first-order valence-electron chi connectivity index (χ1n) is 11.2. The fourth-order valence-electron chi connectivity index (χ4n) is 4.89. The number of piperazine rings is 1. The van der Waals surface area contributed by atoms with Gasteiger partial charge < -0.3 is 9.80 Å². The highest BCUT2D eigenvalue weighted by molar-refractivity contribution is 5.97. The van der Waals surface area contributed by atoms with Gasteiger partial charge in [-0.3, -0.25) is 14.2 Å². The fourth-order valence-corrected chi connectivity index (χ4v) is 4.89. The SMILES string of the molecule is Cc1cccc(N2CCN(C(=O)c3ccc4c(=O)n5c(nc4c3)CCCC5)C[C@@H]2C)c1. The molecule has 160 valence electrons. The normalized spacial score (nSPS) is 18.8. The number of amides is 1. The molecule has 6 heteroatoms. The van der Waals surface area contributed by atoms with Crippen molar-refractivity contribution in [1.29, 1.82) is 0 Å². The monoisotopic (exact) mass is 416 g/mol. The highest BCUT2D eigenvalue weighted by Gasteiger charge is 2.28. The van der Waals surface area contributed by atoms with E-state index in [1.807, 2.05) is 4.90 Å². The van der Waals surface area contributed by atoms with Gasteiger partial charge in [0, 0.05) is 49.9 Å². The van der Waals surface area contributed by atoms with Crippen molar-refractivity contribution in [1.82, 2.24) is 14.5 Å². The van der Waals surface area contributed by atoms with Crippen molar-refractivity contribution in [3.8, 4) is 0 Å². The third-order valence-electron chi connectivity index (χ3n) is 6.56. The van der Waals surface area contributed by atoms with Gasteiger partial charge in [-0.1, -0.05) is 12.1 Å². The molecule has 0 spiro atoms. The molecule has 3 heterocycles. The maximum Gasteiger partial charge on any atom is 0.261 e. The summed E-state index contributed by atoms with van der Waals surface area (Å²) in [6, 6.07) is 14.1. The zero-order valence-electron chi connectivity index (χ0n) is 18.2. The summed E-state index contributed by atoms with van der Waals surface area (Å²) in [6.07, 6.45) is 2.89. The van der Waals surface area contributed by atoms with E-state index in [0.717, 1.165) is 38.2 Å². The van der Waals surface area contributed by atoms with E-state index in [2.05, 4.69) is 43.0 Å². The number of rotatable bonds is 2. The van der Waals surface area contributed by atoms with Crippen LogP contribution in [0.2, 0.25) is 0 Å². The first-order chi connectivity index (χ1) is 15.0. The summed E-state index contributed by atoms with van der Waals surface area (Å²) in [4.78, 5) is 35.1. The lowest BCUT2D eigenvalue weighted by Crippen LogP contribution is -2.53. The van der Waals surface area contributed by atoms with Crippen LogP contribution in [0.4, 0.5) is 5.69 Å². The first kappa shape index (κ1) is 19.8. The van der Waals surface area contributed by atoms with Crippen LogP contribution in [0, 0.1) is 6.92 Å². The Bertz CT molecular complexity index is 1220. The van der Waals surface area contributed by atoms with E-state index in [-0.39, 0.29) is 17.5 Å². The van der Waals surface area contributed by atoms with Gasteiger partial charge in [0.25, 0.3) is 11.5 Å². The smallest absolute Gasteiger partial charge is 0.261 e. The van der Waals surface area contributed by atoms with Gasteiger partial charge in [0.1, 0.15) is 5.82 Å². The van der Waals surface area contributed by atoms with Gasteiger partial charge in [-0.05, 0) is 62.6 Å². The number of carbonyl (C=O) groups is 1. The predicted molar refractivity (Wildman–Crippen MR) is 123 cm³/mol. The fraction of sp³-hybridized carbons (Fsp3) is 0.400. The van der Waals surface area contributed by atoms with Crippen molar-refractivity contribution in [2.24, 2.45) is 0 Å². The Morgan fingerprint density at radius 1 is 1.06 bits per heavy atom. The summed E-state index contributed by atoms with van der Waals surface area (Å²) in [5.41, 5.74) is 3.70. The lowest BCUT2D eigenvalue weighted by atomic mass is 10.1. The zero-order chi connectivity index (χ0) is 21.5. The van der Waals surface area contributed by atoms with Crippen molar-refractivity contribution in [3.05, 3.63) is 69.8 Å². The molecule has 6 nitrogen and oxygen atoms in total. The van der Waals surface area contributed by atoms with Gasteiger partial charge in [0.2, 0.25) is 0 Å². The van der Waals surface area contributed by atoms with Crippen molar-refractivity contribution < 1.29 is 4.79 Å². The van der Waals surface area contributed by atoms with Gasteiger partial charge >= 0.3 is 0 Å². The molecule has 0 bridgehead atoms. The van der Waals surface area contributed by atoms with Gasteiger partial charge in [-0.25, -0.2) is 4.98 Å². The second-order valence-electron chi connectivity index (χ2n) is 8.81.